The summed E-state index contributed by atoms with van der Waals surface area (Å²) < 4.78 is 26.5. The first kappa shape index (κ1) is 10.5. The summed E-state index contributed by atoms with van der Waals surface area (Å²) in [5.74, 6) is -5.13. The van der Waals surface area contributed by atoms with E-state index in [1.165, 1.54) is 7.05 Å². The number of nitrogens with zero attached hydrogens (tertiary/aromatic N) is 3. The SMILES string of the molecule is Cn1ncnc1NC(=O)C(F)(F)CN. The highest BCUT2D eigenvalue weighted by Gasteiger charge is 2.37. The minimum absolute atomic E-state index is 0.0527. The average Bonchev–Trinajstić information content (AvgIpc) is 2.52. The van der Waals surface area contributed by atoms with Gasteiger partial charge in [0.15, 0.2) is 0 Å². The van der Waals surface area contributed by atoms with Crippen LogP contribution in [0.25, 0.3) is 0 Å². The Balaban J connectivity index is 2.71. The molecule has 0 fully saturated rings. The van der Waals surface area contributed by atoms with Gasteiger partial charge in [-0.05, 0) is 0 Å². The van der Waals surface area contributed by atoms with Gasteiger partial charge in [0.25, 0.3) is 5.91 Å². The Morgan fingerprint density at radius 1 is 1.79 bits per heavy atom. The van der Waals surface area contributed by atoms with Crippen LogP contribution in [-0.2, 0) is 11.8 Å². The number of aryl methyl sites for hydroxylation is 1. The van der Waals surface area contributed by atoms with Gasteiger partial charge in [-0.3, -0.25) is 10.1 Å². The van der Waals surface area contributed by atoms with Crippen LogP contribution in [0.4, 0.5) is 14.7 Å². The monoisotopic (exact) mass is 205 g/mol. The van der Waals surface area contributed by atoms with E-state index in [-0.39, 0.29) is 5.95 Å². The summed E-state index contributed by atoms with van der Waals surface area (Å²) in [5, 5.41) is 5.49. The Labute approximate surface area is 78.1 Å². The molecule has 0 radical (unpaired) electrons. The molecule has 8 heteroatoms. The minimum Gasteiger partial charge on any atom is -0.325 e. The lowest BCUT2D eigenvalue weighted by Crippen LogP contribution is -2.41. The number of nitrogens with one attached hydrogen (secondary N) is 1. The van der Waals surface area contributed by atoms with E-state index in [1.807, 2.05) is 5.32 Å². The fourth-order valence-corrected chi connectivity index (χ4v) is 0.695. The van der Waals surface area contributed by atoms with Crippen molar-refractivity contribution in [3.05, 3.63) is 6.33 Å². The van der Waals surface area contributed by atoms with Gasteiger partial charge in [0.2, 0.25) is 5.95 Å². The standard InChI is InChI=1S/C6H9F2N5O/c1-13-5(10-3-11-13)12-4(14)6(7,8)2-9/h3H,2,9H2,1H3,(H,10,11,12,14). The summed E-state index contributed by atoms with van der Waals surface area (Å²) >= 11 is 0. The second-order valence-corrected chi connectivity index (χ2v) is 2.57. The molecule has 0 atom stereocenters. The second kappa shape index (κ2) is 3.66. The number of halogens is 2. The maximum Gasteiger partial charge on any atom is 0.336 e. The van der Waals surface area contributed by atoms with Gasteiger partial charge in [-0.1, -0.05) is 0 Å². The van der Waals surface area contributed by atoms with Gasteiger partial charge in [0, 0.05) is 7.05 Å². The van der Waals surface area contributed by atoms with E-state index in [0.29, 0.717) is 0 Å². The smallest absolute Gasteiger partial charge is 0.325 e. The van der Waals surface area contributed by atoms with Crippen molar-refractivity contribution >= 4 is 11.9 Å². The van der Waals surface area contributed by atoms with E-state index < -0.39 is 18.4 Å². The number of aromatic nitrogens is 3. The molecule has 0 aromatic carbocycles. The van der Waals surface area contributed by atoms with Crippen molar-refractivity contribution in [2.45, 2.75) is 5.92 Å². The van der Waals surface area contributed by atoms with E-state index in [0.717, 1.165) is 11.0 Å². The zero-order valence-corrected chi connectivity index (χ0v) is 7.37. The third-order valence-electron chi connectivity index (χ3n) is 1.53. The lowest BCUT2D eigenvalue weighted by atomic mass is 10.3. The van der Waals surface area contributed by atoms with Gasteiger partial charge in [0.1, 0.15) is 6.33 Å². The molecule has 78 valence electrons. The van der Waals surface area contributed by atoms with Gasteiger partial charge in [-0.25, -0.2) is 4.68 Å². The number of hydrogen-bond donors (Lipinski definition) is 2. The predicted octanol–water partition coefficient (Wildman–Crippen LogP) is -0.652. The van der Waals surface area contributed by atoms with Crippen LogP contribution in [0.3, 0.4) is 0 Å². The normalized spacial score (nSPS) is 11.4. The number of rotatable bonds is 3. The summed E-state index contributed by atoms with van der Waals surface area (Å²) in [5.41, 5.74) is 4.72. The van der Waals surface area contributed by atoms with E-state index in [1.54, 1.807) is 0 Å². The molecule has 0 saturated heterocycles. The summed E-state index contributed by atoms with van der Waals surface area (Å²) in [4.78, 5) is 14.4. The molecule has 6 nitrogen and oxygen atoms in total. The lowest BCUT2D eigenvalue weighted by molar-refractivity contribution is -0.138. The van der Waals surface area contributed by atoms with Crippen molar-refractivity contribution in [1.29, 1.82) is 0 Å². The fourth-order valence-electron chi connectivity index (χ4n) is 0.695. The number of carbonyl (C=O) groups excluding carboxylic acids is 1. The Kier molecular flexibility index (Phi) is 2.75. The van der Waals surface area contributed by atoms with E-state index in [9.17, 15) is 13.6 Å². The maximum atomic E-state index is 12.7. The molecule has 0 saturated carbocycles. The molecule has 1 amide bonds. The predicted molar refractivity (Wildman–Crippen MR) is 43.6 cm³/mol. The molecule has 0 aliphatic carbocycles. The third kappa shape index (κ3) is 2.02. The van der Waals surface area contributed by atoms with Gasteiger partial charge in [-0.2, -0.15) is 18.9 Å². The van der Waals surface area contributed by atoms with Crippen molar-refractivity contribution in [2.24, 2.45) is 12.8 Å². The fraction of sp³-hybridized carbons (Fsp3) is 0.500. The first-order valence-corrected chi connectivity index (χ1v) is 3.70. The van der Waals surface area contributed by atoms with E-state index in [2.05, 4.69) is 10.1 Å². The number of carbonyl (C=O) groups is 1. The first-order valence-electron chi connectivity index (χ1n) is 3.70. The molecule has 1 aromatic rings. The lowest BCUT2D eigenvalue weighted by Gasteiger charge is -2.12. The number of anilines is 1. The Morgan fingerprint density at radius 3 is 2.86 bits per heavy atom. The zero-order chi connectivity index (χ0) is 10.8. The number of alkyl halides is 2. The molecular weight excluding hydrogens is 196 g/mol. The van der Waals surface area contributed by atoms with E-state index in [4.69, 9.17) is 5.73 Å². The molecule has 0 spiro atoms. The highest BCUT2D eigenvalue weighted by molar-refractivity contribution is 5.94. The molecule has 1 aromatic heterocycles. The molecule has 3 N–H and O–H groups in total. The summed E-state index contributed by atoms with van der Waals surface area (Å²) in [6.07, 6.45) is 1.14. The highest BCUT2D eigenvalue weighted by atomic mass is 19.3. The Hall–Kier alpha value is -1.57. The van der Waals surface area contributed by atoms with Crippen molar-refractivity contribution in [3.8, 4) is 0 Å². The second-order valence-electron chi connectivity index (χ2n) is 2.57. The Morgan fingerprint density at radius 2 is 2.43 bits per heavy atom. The van der Waals surface area contributed by atoms with Crippen molar-refractivity contribution in [1.82, 2.24) is 14.8 Å². The molecule has 1 heterocycles. The third-order valence-corrected chi connectivity index (χ3v) is 1.53. The van der Waals surface area contributed by atoms with Crippen LogP contribution in [0.5, 0.6) is 0 Å². The topological polar surface area (TPSA) is 85.8 Å². The van der Waals surface area contributed by atoms with Crippen LogP contribution in [0.1, 0.15) is 0 Å². The van der Waals surface area contributed by atoms with Crippen LogP contribution < -0.4 is 11.1 Å². The molecule has 0 bridgehead atoms. The largest absolute Gasteiger partial charge is 0.336 e. The molecule has 0 aliphatic rings. The van der Waals surface area contributed by atoms with Gasteiger partial charge in [-0.15, -0.1) is 0 Å². The maximum absolute atomic E-state index is 12.7. The van der Waals surface area contributed by atoms with Gasteiger partial charge in [0.05, 0.1) is 6.54 Å². The summed E-state index contributed by atoms with van der Waals surface area (Å²) in [6, 6.07) is 0. The number of nitrogens with two attached hydrogens (primary N) is 1. The summed E-state index contributed by atoms with van der Waals surface area (Å²) in [7, 11) is 1.46. The molecule has 0 aliphatic heterocycles. The average molecular weight is 205 g/mol. The van der Waals surface area contributed by atoms with Crippen molar-refractivity contribution in [3.63, 3.8) is 0 Å². The first-order chi connectivity index (χ1) is 6.47. The van der Waals surface area contributed by atoms with Crippen LogP contribution in [0.15, 0.2) is 6.33 Å². The molecule has 14 heavy (non-hydrogen) atoms. The van der Waals surface area contributed by atoms with Gasteiger partial charge >= 0.3 is 5.92 Å². The van der Waals surface area contributed by atoms with Crippen molar-refractivity contribution < 1.29 is 13.6 Å². The number of hydrogen-bond acceptors (Lipinski definition) is 4. The van der Waals surface area contributed by atoms with Crippen molar-refractivity contribution in [2.75, 3.05) is 11.9 Å². The minimum atomic E-state index is -3.59. The van der Waals surface area contributed by atoms with Crippen LogP contribution in [0, 0.1) is 0 Å². The number of amides is 1. The van der Waals surface area contributed by atoms with Crippen LogP contribution >= 0.6 is 0 Å². The Bertz CT molecular complexity index is 337. The van der Waals surface area contributed by atoms with Gasteiger partial charge < -0.3 is 5.73 Å². The molecular formula is C6H9F2N5O. The zero-order valence-electron chi connectivity index (χ0n) is 7.37. The van der Waals surface area contributed by atoms with Crippen LogP contribution in [0.2, 0.25) is 0 Å². The van der Waals surface area contributed by atoms with E-state index >= 15 is 0 Å². The molecule has 1 rings (SSSR count). The summed E-state index contributed by atoms with van der Waals surface area (Å²) in [6.45, 7) is -1.04. The quantitative estimate of drug-likeness (QED) is 0.686. The highest BCUT2D eigenvalue weighted by Crippen LogP contribution is 2.13. The van der Waals surface area contributed by atoms with Crippen LogP contribution in [-0.4, -0.2) is 33.1 Å². The molecule has 0 unspecified atom stereocenters.